The van der Waals surface area contributed by atoms with Crippen LogP contribution in [0.15, 0.2) is 65.6 Å². The molecule has 122 valence electrons. The molecule has 0 aliphatic carbocycles. The van der Waals surface area contributed by atoms with Gasteiger partial charge in [0.1, 0.15) is 11.9 Å². The Morgan fingerprint density at radius 2 is 1.61 bits per heavy atom. The van der Waals surface area contributed by atoms with Crippen LogP contribution in [0.5, 0.6) is 0 Å². The van der Waals surface area contributed by atoms with E-state index in [4.69, 9.17) is 10.8 Å². The van der Waals surface area contributed by atoms with Gasteiger partial charge in [0, 0.05) is 4.90 Å². The molecule has 0 aliphatic rings. The van der Waals surface area contributed by atoms with Crippen molar-refractivity contribution in [3.8, 4) is 0 Å². The summed E-state index contributed by atoms with van der Waals surface area (Å²) in [5.41, 5.74) is 5.72. The predicted molar refractivity (Wildman–Crippen MR) is 90.2 cm³/mol. The molecule has 3 N–H and O–H groups in total. The summed E-state index contributed by atoms with van der Waals surface area (Å²) < 4.78 is 4.57. The molecule has 0 bridgehead atoms. The molecule has 0 heterocycles. The molecule has 0 radical (unpaired) electrons. The Kier molecular flexibility index (Phi) is 8.31. The van der Waals surface area contributed by atoms with Crippen LogP contribution in [0.4, 0.5) is 4.79 Å². The molecule has 1 amide bonds. The van der Waals surface area contributed by atoms with Crippen LogP contribution in [-0.4, -0.2) is 22.4 Å². The number of carbonyl (C=O) groups excluding carboxylic acids is 1. The summed E-state index contributed by atoms with van der Waals surface area (Å²) in [7, 11) is 0. The predicted octanol–water partition coefficient (Wildman–Crippen LogP) is 3.53. The van der Waals surface area contributed by atoms with Crippen LogP contribution < -0.4 is 5.73 Å². The lowest BCUT2D eigenvalue weighted by Crippen LogP contribution is -2.12. The van der Waals surface area contributed by atoms with Crippen LogP contribution >= 0.6 is 11.8 Å². The van der Waals surface area contributed by atoms with Gasteiger partial charge in [0.25, 0.3) is 0 Å². The molecule has 2 aromatic rings. The molecule has 0 saturated heterocycles. The first-order valence-corrected chi connectivity index (χ1v) is 7.77. The Bertz CT molecular complexity index is 605. The third-order valence-corrected chi connectivity index (χ3v) is 3.73. The summed E-state index contributed by atoms with van der Waals surface area (Å²) >= 11 is 1.35. The fraction of sp³-hybridized carbons (Fsp3) is 0.176. The number of amides is 1. The number of rotatable bonds is 5. The summed E-state index contributed by atoms with van der Waals surface area (Å²) in [6.07, 6.45) is -0.742. The molecule has 23 heavy (non-hydrogen) atoms. The number of ether oxygens (including phenoxy) is 1. The Balaban J connectivity index is 0.000000231. The van der Waals surface area contributed by atoms with E-state index in [-0.39, 0.29) is 11.9 Å². The van der Waals surface area contributed by atoms with Crippen molar-refractivity contribution in [1.29, 1.82) is 0 Å². The van der Waals surface area contributed by atoms with Gasteiger partial charge in [0.2, 0.25) is 0 Å². The molecule has 0 aliphatic heterocycles. The van der Waals surface area contributed by atoms with Crippen molar-refractivity contribution >= 4 is 23.8 Å². The average molecular weight is 333 g/mol. The smallest absolute Gasteiger partial charge is 0.404 e. The van der Waals surface area contributed by atoms with Gasteiger partial charge in [-0.3, -0.25) is 4.79 Å². The standard InChI is InChI=1S/C9H10O2S.C8H9NO2/c1-7(9(10)11)12-8-5-3-2-4-6-8;9-8(10)11-6-7-4-2-1-3-5-7/h2-7H,1H3,(H,10,11);1-5H,6H2,(H2,9,10). The number of hydrogen-bond acceptors (Lipinski definition) is 4. The monoisotopic (exact) mass is 333 g/mol. The molecule has 0 saturated carbocycles. The maximum absolute atomic E-state index is 10.5. The highest BCUT2D eigenvalue weighted by Gasteiger charge is 2.11. The van der Waals surface area contributed by atoms with Gasteiger partial charge in [-0.1, -0.05) is 48.5 Å². The molecular weight excluding hydrogens is 314 g/mol. The van der Waals surface area contributed by atoms with Crippen LogP contribution in [0.1, 0.15) is 12.5 Å². The third kappa shape index (κ3) is 8.53. The summed E-state index contributed by atoms with van der Waals surface area (Å²) in [6, 6.07) is 18.9. The van der Waals surface area contributed by atoms with Gasteiger partial charge in [0.15, 0.2) is 0 Å². The lowest BCUT2D eigenvalue weighted by atomic mass is 10.2. The first-order chi connectivity index (χ1) is 11.0. The van der Waals surface area contributed by atoms with Gasteiger partial charge >= 0.3 is 12.1 Å². The number of primary amides is 1. The average Bonchev–Trinajstić information content (AvgIpc) is 2.55. The quantitative estimate of drug-likeness (QED) is 0.817. The summed E-state index contributed by atoms with van der Waals surface area (Å²) in [6.45, 7) is 1.93. The van der Waals surface area contributed by atoms with Gasteiger partial charge in [-0.05, 0) is 24.6 Å². The number of carboxylic acid groups (broad SMARTS) is 1. The highest BCUT2D eigenvalue weighted by molar-refractivity contribution is 8.00. The Morgan fingerprint density at radius 3 is 2.09 bits per heavy atom. The second-order valence-electron chi connectivity index (χ2n) is 4.50. The molecular formula is C17H19NO4S. The van der Waals surface area contributed by atoms with Crippen molar-refractivity contribution in [2.45, 2.75) is 23.7 Å². The molecule has 5 nitrogen and oxygen atoms in total. The maximum atomic E-state index is 10.5. The molecule has 2 aromatic carbocycles. The lowest BCUT2D eigenvalue weighted by Gasteiger charge is -2.04. The zero-order chi connectivity index (χ0) is 17.1. The van der Waals surface area contributed by atoms with Gasteiger partial charge < -0.3 is 15.6 Å². The second kappa shape index (κ2) is 10.3. The van der Waals surface area contributed by atoms with Crippen molar-refractivity contribution in [3.05, 3.63) is 66.2 Å². The van der Waals surface area contributed by atoms with Crippen LogP contribution in [0, 0.1) is 0 Å². The first-order valence-electron chi connectivity index (χ1n) is 6.89. The summed E-state index contributed by atoms with van der Waals surface area (Å²) in [4.78, 5) is 21.6. The van der Waals surface area contributed by atoms with Crippen LogP contribution in [-0.2, 0) is 16.1 Å². The van der Waals surface area contributed by atoms with E-state index in [2.05, 4.69) is 4.74 Å². The first kappa shape index (κ1) is 18.6. The molecule has 6 heteroatoms. The van der Waals surface area contributed by atoms with Crippen LogP contribution in [0.2, 0.25) is 0 Å². The molecule has 2 rings (SSSR count). The zero-order valence-electron chi connectivity index (χ0n) is 12.7. The molecule has 1 atom stereocenters. The van der Waals surface area contributed by atoms with E-state index in [0.29, 0.717) is 0 Å². The Hall–Kier alpha value is -2.47. The molecule has 0 aromatic heterocycles. The van der Waals surface area contributed by atoms with Gasteiger partial charge in [-0.25, -0.2) is 4.79 Å². The fourth-order valence-corrected chi connectivity index (χ4v) is 2.31. The third-order valence-electron chi connectivity index (χ3n) is 2.63. The molecule has 1 unspecified atom stereocenters. The largest absolute Gasteiger partial charge is 0.480 e. The van der Waals surface area contributed by atoms with Crippen molar-refractivity contribution in [2.24, 2.45) is 5.73 Å². The van der Waals surface area contributed by atoms with Crippen molar-refractivity contribution in [1.82, 2.24) is 0 Å². The Morgan fingerprint density at radius 1 is 1.09 bits per heavy atom. The van der Waals surface area contributed by atoms with Gasteiger partial charge in [0.05, 0.1) is 0 Å². The number of carbonyl (C=O) groups is 2. The highest BCUT2D eigenvalue weighted by atomic mass is 32.2. The normalized spacial score (nSPS) is 10.8. The van der Waals surface area contributed by atoms with Crippen molar-refractivity contribution in [3.63, 3.8) is 0 Å². The van der Waals surface area contributed by atoms with Gasteiger partial charge in [-0.2, -0.15) is 0 Å². The number of hydrogen-bond donors (Lipinski definition) is 2. The lowest BCUT2D eigenvalue weighted by molar-refractivity contribution is -0.136. The number of benzene rings is 2. The maximum Gasteiger partial charge on any atom is 0.404 e. The van der Waals surface area contributed by atoms with E-state index in [9.17, 15) is 9.59 Å². The summed E-state index contributed by atoms with van der Waals surface area (Å²) in [5, 5.41) is 8.24. The SMILES string of the molecule is CC(Sc1ccccc1)C(=O)O.NC(=O)OCc1ccccc1. The van der Waals surface area contributed by atoms with Crippen molar-refractivity contribution < 1.29 is 19.4 Å². The Labute approximate surface area is 139 Å². The minimum absolute atomic E-state index is 0.246. The minimum atomic E-state index is -0.774. The van der Waals surface area contributed by atoms with E-state index in [0.717, 1.165) is 10.5 Å². The summed E-state index contributed by atoms with van der Waals surface area (Å²) in [5.74, 6) is -0.774. The number of aliphatic carboxylic acids is 1. The zero-order valence-corrected chi connectivity index (χ0v) is 13.5. The van der Waals surface area contributed by atoms with Crippen molar-refractivity contribution in [2.75, 3.05) is 0 Å². The van der Waals surface area contributed by atoms with Crippen LogP contribution in [0.25, 0.3) is 0 Å². The van der Waals surface area contributed by atoms with Gasteiger partial charge in [-0.15, -0.1) is 11.8 Å². The van der Waals surface area contributed by atoms with E-state index in [1.165, 1.54) is 11.8 Å². The van der Waals surface area contributed by atoms with Crippen LogP contribution in [0.3, 0.4) is 0 Å². The number of nitrogens with two attached hydrogens (primary N) is 1. The molecule has 0 spiro atoms. The minimum Gasteiger partial charge on any atom is -0.480 e. The molecule has 0 fully saturated rings. The number of carboxylic acids is 1. The second-order valence-corrected chi connectivity index (χ2v) is 5.92. The fourth-order valence-electron chi connectivity index (χ4n) is 1.48. The topological polar surface area (TPSA) is 89.6 Å². The highest BCUT2D eigenvalue weighted by Crippen LogP contribution is 2.22. The van der Waals surface area contributed by atoms with E-state index in [1.807, 2.05) is 60.7 Å². The van der Waals surface area contributed by atoms with E-state index >= 15 is 0 Å². The van der Waals surface area contributed by atoms with E-state index < -0.39 is 12.1 Å². The van der Waals surface area contributed by atoms with E-state index in [1.54, 1.807) is 6.92 Å². The number of thioether (sulfide) groups is 1.